The number of rotatable bonds is 3. The molecule has 0 heterocycles. The first-order valence-electron chi connectivity index (χ1n) is 4.42. The van der Waals surface area contributed by atoms with Crippen LogP contribution >= 0.6 is 23.5 Å². The van der Waals surface area contributed by atoms with Crippen LogP contribution < -0.4 is 4.72 Å². The second-order valence-electron chi connectivity index (χ2n) is 3.09. The van der Waals surface area contributed by atoms with Crippen molar-refractivity contribution in [1.82, 2.24) is 9.62 Å². The quantitative estimate of drug-likeness (QED) is 0.830. The number of carbonyl (C=O) groups excluding carboxylic acids is 1. The number of hydrogen-bond acceptors (Lipinski definition) is 2. The predicted octanol–water partition coefficient (Wildman–Crippen LogP) is 2.76. The van der Waals surface area contributed by atoms with Crippen molar-refractivity contribution < 1.29 is 4.79 Å². The Kier molecular flexibility index (Phi) is 4.78. The van der Waals surface area contributed by atoms with E-state index in [-0.39, 0.29) is 6.03 Å². The van der Waals surface area contributed by atoms with Crippen molar-refractivity contribution in [3.05, 3.63) is 34.9 Å². The molecule has 0 radical (unpaired) electrons. The Labute approximate surface area is 98.9 Å². The van der Waals surface area contributed by atoms with E-state index < -0.39 is 0 Å². The molecule has 0 aromatic heterocycles. The highest BCUT2D eigenvalue weighted by molar-refractivity contribution is 7.97. The van der Waals surface area contributed by atoms with Crippen LogP contribution in [0, 0.1) is 0 Å². The molecule has 1 rings (SSSR count). The zero-order chi connectivity index (χ0) is 11.3. The van der Waals surface area contributed by atoms with Gasteiger partial charge in [-0.1, -0.05) is 35.7 Å². The third kappa shape index (κ3) is 4.01. The van der Waals surface area contributed by atoms with Gasteiger partial charge in [-0.25, -0.2) is 4.79 Å². The first-order valence-corrected chi connectivity index (χ1v) is 6.02. The molecule has 0 atom stereocenters. The van der Waals surface area contributed by atoms with E-state index in [9.17, 15) is 4.79 Å². The van der Waals surface area contributed by atoms with Gasteiger partial charge in [0.05, 0.1) is 0 Å². The van der Waals surface area contributed by atoms with Crippen molar-refractivity contribution in [3.8, 4) is 0 Å². The number of halogens is 1. The largest absolute Gasteiger partial charge is 0.327 e. The summed E-state index contributed by atoms with van der Waals surface area (Å²) in [4.78, 5) is 13.0. The van der Waals surface area contributed by atoms with Gasteiger partial charge in [0.15, 0.2) is 0 Å². The Hall–Kier alpha value is -0.870. The van der Waals surface area contributed by atoms with E-state index in [0.29, 0.717) is 11.6 Å². The van der Waals surface area contributed by atoms with E-state index in [1.165, 1.54) is 11.9 Å². The molecule has 0 saturated carbocycles. The van der Waals surface area contributed by atoms with Crippen molar-refractivity contribution in [3.63, 3.8) is 0 Å². The maximum atomic E-state index is 11.4. The number of carbonyl (C=O) groups is 1. The number of benzene rings is 1. The van der Waals surface area contributed by atoms with Gasteiger partial charge in [-0.15, -0.1) is 0 Å². The Morgan fingerprint density at radius 3 is 2.60 bits per heavy atom. The van der Waals surface area contributed by atoms with Crippen molar-refractivity contribution >= 4 is 29.6 Å². The minimum atomic E-state index is -0.0996. The van der Waals surface area contributed by atoms with Gasteiger partial charge < -0.3 is 4.90 Å². The molecule has 5 heteroatoms. The lowest BCUT2D eigenvalue weighted by Crippen LogP contribution is -2.32. The fourth-order valence-electron chi connectivity index (χ4n) is 1.10. The molecule has 1 aromatic carbocycles. The van der Waals surface area contributed by atoms with Gasteiger partial charge in [-0.3, -0.25) is 4.72 Å². The zero-order valence-corrected chi connectivity index (χ0v) is 10.2. The number of amides is 2. The second-order valence-corrected chi connectivity index (χ2v) is 4.14. The van der Waals surface area contributed by atoms with Gasteiger partial charge in [0, 0.05) is 24.9 Å². The fourth-order valence-corrected chi connectivity index (χ4v) is 1.56. The first kappa shape index (κ1) is 12.2. The lowest BCUT2D eigenvalue weighted by molar-refractivity contribution is 0.213. The van der Waals surface area contributed by atoms with E-state index in [1.54, 1.807) is 11.9 Å². The van der Waals surface area contributed by atoms with E-state index >= 15 is 0 Å². The summed E-state index contributed by atoms with van der Waals surface area (Å²) in [5.74, 6) is 0. The molecule has 0 aliphatic heterocycles. The van der Waals surface area contributed by atoms with Gasteiger partial charge in [0.1, 0.15) is 0 Å². The summed E-state index contributed by atoms with van der Waals surface area (Å²) in [5, 5.41) is 0.704. The Bertz CT molecular complexity index is 329. The SMILES string of the molecule is CSNC(=O)N(C)Cc1ccc(Cl)cc1. The van der Waals surface area contributed by atoms with Crippen LogP contribution in [0.2, 0.25) is 5.02 Å². The van der Waals surface area contributed by atoms with Crippen molar-refractivity contribution in [2.45, 2.75) is 6.54 Å². The van der Waals surface area contributed by atoms with E-state index in [2.05, 4.69) is 4.72 Å². The molecule has 0 spiro atoms. The van der Waals surface area contributed by atoms with E-state index in [0.717, 1.165) is 5.56 Å². The molecule has 0 fully saturated rings. The summed E-state index contributed by atoms with van der Waals surface area (Å²) in [5.41, 5.74) is 1.05. The standard InChI is InChI=1S/C10H13ClN2OS/c1-13(10(14)12-15-2)7-8-3-5-9(11)6-4-8/h3-6H,7H2,1-2H3,(H,12,14). The smallest absolute Gasteiger partial charge is 0.323 e. The van der Waals surface area contributed by atoms with Gasteiger partial charge >= 0.3 is 6.03 Å². The third-order valence-corrected chi connectivity index (χ3v) is 2.50. The Morgan fingerprint density at radius 2 is 2.07 bits per heavy atom. The second kappa shape index (κ2) is 5.88. The number of nitrogens with one attached hydrogen (secondary N) is 1. The molecule has 3 nitrogen and oxygen atoms in total. The van der Waals surface area contributed by atoms with Crippen LogP contribution in [-0.4, -0.2) is 24.2 Å². The average Bonchev–Trinajstić information content (AvgIpc) is 2.22. The highest BCUT2D eigenvalue weighted by Gasteiger charge is 2.07. The van der Waals surface area contributed by atoms with E-state index in [1.807, 2.05) is 30.5 Å². The molecule has 0 aliphatic rings. The number of hydrogen-bond donors (Lipinski definition) is 1. The van der Waals surface area contributed by atoms with Crippen LogP contribution in [0.25, 0.3) is 0 Å². The van der Waals surface area contributed by atoms with Gasteiger partial charge in [-0.05, 0) is 17.7 Å². The zero-order valence-electron chi connectivity index (χ0n) is 8.66. The molecule has 0 aliphatic carbocycles. The van der Waals surface area contributed by atoms with Crippen molar-refractivity contribution in [2.75, 3.05) is 13.3 Å². The summed E-state index contributed by atoms with van der Waals surface area (Å²) in [7, 11) is 1.75. The van der Waals surface area contributed by atoms with Gasteiger partial charge in [-0.2, -0.15) is 0 Å². The van der Waals surface area contributed by atoms with E-state index in [4.69, 9.17) is 11.6 Å². The van der Waals surface area contributed by atoms with Crippen molar-refractivity contribution in [2.24, 2.45) is 0 Å². The number of urea groups is 1. The van der Waals surface area contributed by atoms with Crippen molar-refractivity contribution in [1.29, 1.82) is 0 Å². The molecule has 2 amide bonds. The predicted molar refractivity (Wildman–Crippen MR) is 65.0 cm³/mol. The summed E-state index contributed by atoms with van der Waals surface area (Å²) in [6, 6.07) is 7.35. The summed E-state index contributed by atoms with van der Waals surface area (Å²) >= 11 is 7.05. The summed E-state index contributed by atoms with van der Waals surface area (Å²) in [6.45, 7) is 0.573. The molecular formula is C10H13ClN2OS. The van der Waals surface area contributed by atoms with Gasteiger partial charge in [0.2, 0.25) is 0 Å². The highest BCUT2D eigenvalue weighted by Crippen LogP contribution is 2.11. The molecule has 82 valence electrons. The number of nitrogens with zero attached hydrogens (tertiary/aromatic N) is 1. The molecule has 0 unspecified atom stereocenters. The minimum absolute atomic E-state index is 0.0996. The third-order valence-electron chi connectivity index (χ3n) is 1.87. The Morgan fingerprint density at radius 1 is 1.47 bits per heavy atom. The van der Waals surface area contributed by atoms with Crippen LogP contribution in [0.15, 0.2) is 24.3 Å². The Balaban J connectivity index is 2.54. The van der Waals surface area contributed by atoms with Crippen LogP contribution in [0.3, 0.4) is 0 Å². The molecular weight excluding hydrogens is 232 g/mol. The van der Waals surface area contributed by atoms with Gasteiger partial charge in [0.25, 0.3) is 0 Å². The van der Waals surface area contributed by atoms with Crippen LogP contribution in [0.4, 0.5) is 4.79 Å². The normalized spacial score (nSPS) is 9.80. The topological polar surface area (TPSA) is 32.3 Å². The molecule has 0 saturated heterocycles. The lowest BCUT2D eigenvalue weighted by Gasteiger charge is -2.16. The molecule has 1 N–H and O–H groups in total. The highest BCUT2D eigenvalue weighted by atomic mass is 35.5. The maximum absolute atomic E-state index is 11.4. The van der Waals surface area contributed by atoms with Crippen LogP contribution in [0.5, 0.6) is 0 Å². The minimum Gasteiger partial charge on any atom is -0.323 e. The lowest BCUT2D eigenvalue weighted by atomic mass is 10.2. The molecule has 1 aromatic rings. The summed E-state index contributed by atoms with van der Waals surface area (Å²) < 4.78 is 2.65. The monoisotopic (exact) mass is 244 g/mol. The molecule has 0 bridgehead atoms. The van der Waals surface area contributed by atoms with Crippen LogP contribution in [0.1, 0.15) is 5.56 Å². The summed E-state index contributed by atoms with van der Waals surface area (Å²) in [6.07, 6.45) is 1.81. The average molecular weight is 245 g/mol. The van der Waals surface area contributed by atoms with Crippen LogP contribution in [-0.2, 0) is 6.54 Å². The first-order chi connectivity index (χ1) is 7.13. The molecule has 15 heavy (non-hydrogen) atoms. The maximum Gasteiger partial charge on any atom is 0.327 e. The fraction of sp³-hybridized carbons (Fsp3) is 0.300.